The van der Waals surface area contributed by atoms with Crippen molar-refractivity contribution >= 4 is 17.9 Å². The highest BCUT2D eigenvalue weighted by molar-refractivity contribution is 5.97. The summed E-state index contributed by atoms with van der Waals surface area (Å²) in [6.45, 7) is 7.45. The van der Waals surface area contributed by atoms with Crippen LogP contribution in [0.3, 0.4) is 0 Å². The van der Waals surface area contributed by atoms with Gasteiger partial charge in [-0.15, -0.1) is 0 Å². The normalized spacial score (nSPS) is 17.7. The number of esters is 1. The van der Waals surface area contributed by atoms with Crippen LogP contribution < -0.4 is 16.4 Å². The van der Waals surface area contributed by atoms with Crippen LogP contribution in [0.2, 0.25) is 0 Å². The predicted octanol–water partition coefficient (Wildman–Crippen LogP) is 0.529. The Hall–Kier alpha value is -1.63. The third-order valence-electron chi connectivity index (χ3n) is 3.42. The van der Waals surface area contributed by atoms with Gasteiger partial charge in [0, 0.05) is 6.54 Å². The summed E-state index contributed by atoms with van der Waals surface area (Å²) in [7, 11) is 0. The lowest BCUT2D eigenvalue weighted by Gasteiger charge is -2.28. The minimum absolute atomic E-state index is 0.0173. The minimum atomic E-state index is -0.862. The molecule has 1 aliphatic rings. The maximum Gasteiger partial charge on any atom is 0.320 e. The maximum absolute atomic E-state index is 12.1. The third-order valence-corrected chi connectivity index (χ3v) is 3.42. The molecule has 1 unspecified atom stereocenters. The highest BCUT2D eigenvalue weighted by atomic mass is 16.6. The van der Waals surface area contributed by atoms with E-state index in [-0.39, 0.29) is 25.0 Å². The zero-order valence-electron chi connectivity index (χ0n) is 13.1. The standard InChI is InChI=1S/C14H25N3O4/c1-13(2,3)21-10(18)7-16-8-14(4,9-5-6-9)11(19)17-12(15)20/h9,16H,5-8H2,1-4H3,(H3,15,17,19,20). The number of imide groups is 1. The second-order valence-corrected chi connectivity index (χ2v) is 6.70. The van der Waals surface area contributed by atoms with Crippen molar-refractivity contribution in [1.29, 1.82) is 0 Å². The van der Waals surface area contributed by atoms with Gasteiger partial charge in [0.15, 0.2) is 0 Å². The molecule has 0 saturated heterocycles. The Morgan fingerprint density at radius 2 is 1.76 bits per heavy atom. The van der Waals surface area contributed by atoms with Gasteiger partial charge >= 0.3 is 12.0 Å². The molecule has 21 heavy (non-hydrogen) atoms. The number of hydrogen-bond acceptors (Lipinski definition) is 5. The first kappa shape index (κ1) is 17.4. The van der Waals surface area contributed by atoms with E-state index in [9.17, 15) is 14.4 Å². The molecule has 0 aromatic heterocycles. The topological polar surface area (TPSA) is 111 Å². The zero-order valence-corrected chi connectivity index (χ0v) is 13.1. The molecule has 4 N–H and O–H groups in total. The Labute approximate surface area is 125 Å². The molecule has 1 saturated carbocycles. The number of primary amides is 1. The molecule has 1 atom stereocenters. The minimum Gasteiger partial charge on any atom is -0.459 e. The molecule has 0 aliphatic heterocycles. The van der Waals surface area contributed by atoms with Gasteiger partial charge in [-0.2, -0.15) is 0 Å². The molecule has 0 spiro atoms. The van der Waals surface area contributed by atoms with E-state index < -0.39 is 23.0 Å². The molecule has 1 rings (SSSR count). The molecule has 1 aliphatic carbocycles. The summed E-state index contributed by atoms with van der Waals surface area (Å²) in [5.41, 5.74) is 3.70. The van der Waals surface area contributed by atoms with Crippen molar-refractivity contribution < 1.29 is 19.1 Å². The van der Waals surface area contributed by atoms with Crippen LogP contribution in [0.15, 0.2) is 0 Å². The molecule has 3 amide bonds. The van der Waals surface area contributed by atoms with E-state index in [4.69, 9.17) is 10.5 Å². The van der Waals surface area contributed by atoms with Crippen molar-refractivity contribution in [3.63, 3.8) is 0 Å². The van der Waals surface area contributed by atoms with Crippen LogP contribution in [-0.2, 0) is 14.3 Å². The molecule has 0 heterocycles. The zero-order chi connectivity index (χ0) is 16.3. The Morgan fingerprint density at radius 1 is 1.19 bits per heavy atom. The van der Waals surface area contributed by atoms with Crippen molar-refractivity contribution in [2.45, 2.75) is 46.1 Å². The summed E-state index contributed by atoms with van der Waals surface area (Å²) in [6, 6.07) is -0.862. The first-order chi connectivity index (χ1) is 9.54. The predicted molar refractivity (Wildman–Crippen MR) is 77.3 cm³/mol. The van der Waals surface area contributed by atoms with Crippen molar-refractivity contribution in [1.82, 2.24) is 10.6 Å². The first-order valence-corrected chi connectivity index (χ1v) is 7.08. The van der Waals surface area contributed by atoms with Gasteiger partial charge < -0.3 is 15.8 Å². The van der Waals surface area contributed by atoms with Crippen LogP contribution in [0.25, 0.3) is 0 Å². The largest absolute Gasteiger partial charge is 0.459 e. The molecular weight excluding hydrogens is 274 g/mol. The lowest BCUT2D eigenvalue weighted by atomic mass is 9.83. The van der Waals surface area contributed by atoms with E-state index in [1.54, 1.807) is 27.7 Å². The summed E-state index contributed by atoms with van der Waals surface area (Å²) < 4.78 is 5.18. The number of nitrogens with one attached hydrogen (secondary N) is 2. The quantitative estimate of drug-likeness (QED) is 0.620. The summed E-state index contributed by atoms with van der Waals surface area (Å²) in [5.74, 6) is -0.590. The van der Waals surface area contributed by atoms with Gasteiger partial charge in [0.25, 0.3) is 0 Å². The fourth-order valence-electron chi connectivity index (χ4n) is 2.19. The smallest absolute Gasteiger partial charge is 0.320 e. The molecular formula is C14H25N3O4. The third kappa shape index (κ3) is 5.71. The number of hydrogen-bond donors (Lipinski definition) is 3. The van der Waals surface area contributed by atoms with Crippen LogP contribution >= 0.6 is 0 Å². The second-order valence-electron chi connectivity index (χ2n) is 6.70. The summed E-state index contributed by atoms with van der Waals surface area (Å²) in [5, 5.41) is 5.06. The van der Waals surface area contributed by atoms with Crippen LogP contribution in [0.4, 0.5) is 4.79 Å². The average Bonchev–Trinajstić information content (AvgIpc) is 3.08. The van der Waals surface area contributed by atoms with Crippen molar-refractivity contribution in [2.75, 3.05) is 13.1 Å². The average molecular weight is 299 g/mol. The molecule has 1 fully saturated rings. The fraction of sp³-hybridized carbons (Fsp3) is 0.786. The molecule has 7 nitrogen and oxygen atoms in total. The van der Waals surface area contributed by atoms with E-state index in [1.807, 2.05) is 0 Å². The maximum atomic E-state index is 12.1. The summed E-state index contributed by atoms with van der Waals surface area (Å²) in [6.07, 6.45) is 1.85. The van der Waals surface area contributed by atoms with Crippen LogP contribution in [0, 0.1) is 11.3 Å². The van der Waals surface area contributed by atoms with Gasteiger partial charge in [-0.1, -0.05) is 0 Å². The number of carbonyl (C=O) groups excluding carboxylic acids is 3. The number of carbonyl (C=O) groups is 3. The number of ether oxygens (including phenoxy) is 1. The molecule has 7 heteroatoms. The van der Waals surface area contributed by atoms with Gasteiger partial charge in [0.2, 0.25) is 5.91 Å². The van der Waals surface area contributed by atoms with Gasteiger partial charge in [-0.05, 0) is 46.5 Å². The van der Waals surface area contributed by atoms with E-state index in [1.165, 1.54) is 0 Å². The molecule has 0 aromatic carbocycles. The SMILES string of the molecule is CC(C)(C)OC(=O)CNCC(C)(C(=O)NC(N)=O)C1CC1. The first-order valence-electron chi connectivity index (χ1n) is 7.08. The van der Waals surface area contributed by atoms with Gasteiger partial charge in [-0.25, -0.2) is 4.79 Å². The number of urea groups is 1. The van der Waals surface area contributed by atoms with Crippen molar-refractivity contribution in [2.24, 2.45) is 17.1 Å². The lowest BCUT2D eigenvalue weighted by molar-refractivity contribution is -0.154. The Kier molecular flexibility index (Phi) is 5.33. The van der Waals surface area contributed by atoms with E-state index >= 15 is 0 Å². The summed E-state index contributed by atoms with van der Waals surface area (Å²) in [4.78, 5) is 34.5. The molecule has 0 radical (unpaired) electrons. The van der Waals surface area contributed by atoms with Gasteiger partial charge in [0.1, 0.15) is 5.60 Å². The Balaban J connectivity index is 2.50. The lowest BCUT2D eigenvalue weighted by Crippen LogP contribution is -2.50. The molecule has 0 bridgehead atoms. The van der Waals surface area contributed by atoms with Crippen molar-refractivity contribution in [3.05, 3.63) is 0 Å². The second kappa shape index (κ2) is 6.43. The Morgan fingerprint density at radius 3 is 2.19 bits per heavy atom. The van der Waals surface area contributed by atoms with E-state index in [2.05, 4.69) is 10.6 Å². The van der Waals surface area contributed by atoms with E-state index in [0.717, 1.165) is 12.8 Å². The van der Waals surface area contributed by atoms with Gasteiger partial charge in [-0.3, -0.25) is 14.9 Å². The fourth-order valence-corrected chi connectivity index (χ4v) is 2.19. The highest BCUT2D eigenvalue weighted by Crippen LogP contribution is 2.45. The number of nitrogens with two attached hydrogens (primary N) is 1. The van der Waals surface area contributed by atoms with Crippen LogP contribution in [0.5, 0.6) is 0 Å². The van der Waals surface area contributed by atoms with E-state index in [0.29, 0.717) is 0 Å². The van der Waals surface area contributed by atoms with Crippen LogP contribution in [0.1, 0.15) is 40.5 Å². The monoisotopic (exact) mass is 299 g/mol. The number of amides is 3. The van der Waals surface area contributed by atoms with Crippen molar-refractivity contribution in [3.8, 4) is 0 Å². The van der Waals surface area contributed by atoms with Crippen LogP contribution in [-0.4, -0.2) is 36.6 Å². The number of rotatable bonds is 6. The Bertz CT molecular complexity index is 426. The highest BCUT2D eigenvalue weighted by Gasteiger charge is 2.47. The molecule has 0 aromatic rings. The summed E-state index contributed by atoms with van der Waals surface area (Å²) >= 11 is 0. The van der Waals surface area contributed by atoms with Gasteiger partial charge in [0.05, 0.1) is 12.0 Å². The molecule has 120 valence electrons.